The fraction of sp³-hybridized carbons (Fsp3) is 0.667. The first-order valence-corrected chi connectivity index (χ1v) is 4.85. The summed E-state index contributed by atoms with van der Waals surface area (Å²) in [7, 11) is 0. The number of carbonyl (C=O) groups is 2. The van der Waals surface area contributed by atoms with Gasteiger partial charge in [0.1, 0.15) is 0 Å². The van der Waals surface area contributed by atoms with Gasteiger partial charge in [0, 0.05) is 26.4 Å². The van der Waals surface area contributed by atoms with Crippen molar-refractivity contribution >= 4 is 17.8 Å². The number of carbonyl (C=O) groups excluding carboxylic acids is 1. The van der Waals surface area contributed by atoms with Crippen molar-refractivity contribution in [2.75, 3.05) is 13.1 Å². The van der Waals surface area contributed by atoms with E-state index in [9.17, 15) is 9.59 Å². The molecule has 0 aromatic rings. The topological polar surface area (TPSA) is 90.8 Å². The van der Waals surface area contributed by atoms with Crippen LogP contribution < -0.4 is 10.6 Å². The van der Waals surface area contributed by atoms with Gasteiger partial charge in [-0.2, -0.15) is 0 Å². The molecule has 0 bridgehead atoms. The first kappa shape index (κ1) is 11.5. The second-order valence-corrected chi connectivity index (χ2v) is 3.55. The van der Waals surface area contributed by atoms with Crippen LogP contribution in [0.15, 0.2) is 4.99 Å². The molecule has 15 heavy (non-hydrogen) atoms. The summed E-state index contributed by atoms with van der Waals surface area (Å²) in [5.74, 6) is -0.232. The number of hydrogen-bond donors (Lipinski definition) is 3. The summed E-state index contributed by atoms with van der Waals surface area (Å²) < 4.78 is 0. The van der Waals surface area contributed by atoms with Crippen molar-refractivity contribution < 1.29 is 14.7 Å². The zero-order valence-corrected chi connectivity index (χ0v) is 8.62. The monoisotopic (exact) mass is 213 g/mol. The highest BCUT2D eigenvalue weighted by molar-refractivity contribution is 5.96. The molecule has 1 rings (SSSR count). The van der Waals surface area contributed by atoms with Crippen molar-refractivity contribution in [3.8, 4) is 0 Å². The minimum Gasteiger partial charge on any atom is -0.481 e. The van der Waals surface area contributed by atoms with Crippen molar-refractivity contribution in [2.24, 2.45) is 10.9 Å². The molecule has 1 atom stereocenters. The molecule has 0 saturated carbocycles. The number of aliphatic imine (C=N–C) groups is 1. The number of nitrogens with zero attached hydrogens (tertiary/aromatic N) is 1. The van der Waals surface area contributed by atoms with E-state index in [0.29, 0.717) is 25.5 Å². The lowest BCUT2D eigenvalue weighted by molar-refractivity contribution is -0.137. The summed E-state index contributed by atoms with van der Waals surface area (Å²) in [5.41, 5.74) is 0. The van der Waals surface area contributed by atoms with Crippen molar-refractivity contribution in [1.29, 1.82) is 0 Å². The van der Waals surface area contributed by atoms with E-state index >= 15 is 0 Å². The van der Waals surface area contributed by atoms with Crippen molar-refractivity contribution in [3.63, 3.8) is 0 Å². The molecule has 6 heteroatoms. The summed E-state index contributed by atoms with van der Waals surface area (Å²) in [6, 6.07) is 0. The third kappa shape index (κ3) is 4.44. The number of amides is 1. The number of carboxylic acids is 1. The summed E-state index contributed by atoms with van der Waals surface area (Å²) >= 11 is 0. The van der Waals surface area contributed by atoms with E-state index in [1.165, 1.54) is 6.92 Å². The summed E-state index contributed by atoms with van der Waals surface area (Å²) in [4.78, 5) is 25.1. The zero-order chi connectivity index (χ0) is 11.3. The van der Waals surface area contributed by atoms with Gasteiger partial charge in [-0.05, 0) is 12.3 Å². The van der Waals surface area contributed by atoms with Gasteiger partial charge in [0.25, 0.3) is 0 Å². The lowest BCUT2D eigenvalue weighted by atomic mass is 10.0. The van der Waals surface area contributed by atoms with E-state index in [4.69, 9.17) is 5.11 Å². The predicted octanol–water partition coefficient (Wildman–Crippen LogP) is -0.437. The molecular weight excluding hydrogens is 198 g/mol. The van der Waals surface area contributed by atoms with Gasteiger partial charge in [-0.3, -0.25) is 19.9 Å². The first-order chi connectivity index (χ1) is 7.08. The van der Waals surface area contributed by atoms with Crippen LogP contribution >= 0.6 is 0 Å². The smallest absolute Gasteiger partial charge is 0.303 e. The van der Waals surface area contributed by atoms with E-state index in [0.717, 1.165) is 0 Å². The maximum Gasteiger partial charge on any atom is 0.303 e. The number of hydrogen-bond acceptors (Lipinski definition) is 4. The summed E-state index contributed by atoms with van der Waals surface area (Å²) in [6.45, 7) is 2.64. The van der Waals surface area contributed by atoms with Gasteiger partial charge < -0.3 is 10.4 Å². The van der Waals surface area contributed by atoms with Crippen LogP contribution in [0.4, 0.5) is 0 Å². The van der Waals surface area contributed by atoms with Crippen molar-refractivity contribution in [3.05, 3.63) is 0 Å². The fourth-order valence-electron chi connectivity index (χ4n) is 1.35. The van der Waals surface area contributed by atoms with Gasteiger partial charge in [0.05, 0.1) is 0 Å². The zero-order valence-electron chi connectivity index (χ0n) is 8.62. The Morgan fingerprint density at radius 2 is 2.40 bits per heavy atom. The number of rotatable bonds is 3. The van der Waals surface area contributed by atoms with Gasteiger partial charge in [-0.15, -0.1) is 0 Å². The molecule has 1 heterocycles. The Labute approximate surface area is 87.8 Å². The Bertz CT molecular complexity index is 288. The Morgan fingerprint density at radius 1 is 1.67 bits per heavy atom. The molecule has 0 aliphatic carbocycles. The van der Waals surface area contributed by atoms with Gasteiger partial charge in [0.15, 0.2) is 5.96 Å². The van der Waals surface area contributed by atoms with Gasteiger partial charge in [-0.1, -0.05) is 0 Å². The standard InChI is InChI=1S/C9H15N3O3/c1-6(13)12-9-10-4-7(5-11-9)2-3-8(14)15/h7H,2-5H2,1H3,(H,14,15)(H2,10,11,12,13). The van der Waals surface area contributed by atoms with Crippen LogP contribution in [0.1, 0.15) is 19.8 Å². The molecule has 0 fully saturated rings. The molecule has 1 unspecified atom stereocenters. The predicted molar refractivity (Wildman–Crippen MR) is 54.5 cm³/mol. The third-order valence-electron chi connectivity index (χ3n) is 2.13. The van der Waals surface area contributed by atoms with Crippen LogP contribution in [0.5, 0.6) is 0 Å². The highest BCUT2D eigenvalue weighted by atomic mass is 16.4. The van der Waals surface area contributed by atoms with Crippen molar-refractivity contribution in [2.45, 2.75) is 19.8 Å². The minimum atomic E-state index is -0.786. The molecule has 0 radical (unpaired) electrons. The van der Waals surface area contributed by atoms with E-state index in [1.54, 1.807) is 0 Å². The second kappa shape index (κ2) is 5.33. The average molecular weight is 213 g/mol. The largest absolute Gasteiger partial charge is 0.481 e. The Hall–Kier alpha value is -1.59. The number of nitrogens with one attached hydrogen (secondary N) is 2. The normalized spacial score (nSPS) is 20.1. The third-order valence-corrected chi connectivity index (χ3v) is 2.13. The van der Waals surface area contributed by atoms with Crippen LogP contribution in [-0.2, 0) is 9.59 Å². The molecule has 0 spiro atoms. The van der Waals surface area contributed by atoms with E-state index in [1.807, 2.05) is 0 Å². The molecule has 0 aromatic carbocycles. The Kier molecular flexibility index (Phi) is 4.08. The van der Waals surface area contributed by atoms with Crippen LogP contribution in [0.25, 0.3) is 0 Å². The molecule has 1 aliphatic heterocycles. The molecule has 3 N–H and O–H groups in total. The number of guanidine groups is 1. The molecule has 0 aromatic heterocycles. The van der Waals surface area contributed by atoms with Gasteiger partial charge >= 0.3 is 5.97 Å². The average Bonchev–Trinajstić information content (AvgIpc) is 2.16. The van der Waals surface area contributed by atoms with Crippen LogP contribution in [0.3, 0.4) is 0 Å². The molecule has 84 valence electrons. The van der Waals surface area contributed by atoms with Crippen LogP contribution in [0, 0.1) is 5.92 Å². The molecule has 0 saturated heterocycles. The Balaban J connectivity index is 2.30. The molecule has 6 nitrogen and oxygen atoms in total. The highest BCUT2D eigenvalue weighted by Gasteiger charge is 2.16. The molecule has 1 amide bonds. The Morgan fingerprint density at radius 3 is 2.87 bits per heavy atom. The SMILES string of the molecule is CC(=O)NC1=NCC(CCC(=O)O)CN1. The quantitative estimate of drug-likeness (QED) is 0.593. The number of carboxylic acid groups (broad SMARTS) is 1. The van der Waals surface area contributed by atoms with E-state index < -0.39 is 5.97 Å². The van der Waals surface area contributed by atoms with Gasteiger partial charge in [0.2, 0.25) is 5.91 Å². The maximum atomic E-state index is 10.7. The highest BCUT2D eigenvalue weighted by Crippen LogP contribution is 2.08. The first-order valence-electron chi connectivity index (χ1n) is 4.85. The van der Waals surface area contributed by atoms with Gasteiger partial charge in [-0.25, -0.2) is 0 Å². The van der Waals surface area contributed by atoms with Crippen LogP contribution in [-0.4, -0.2) is 36.0 Å². The van der Waals surface area contributed by atoms with Crippen LogP contribution in [0.2, 0.25) is 0 Å². The molecule has 1 aliphatic rings. The lowest BCUT2D eigenvalue weighted by Gasteiger charge is -2.22. The minimum absolute atomic E-state index is 0.162. The van der Waals surface area contributed by atoms with E-state index in [2.05, 4.69) is 15.6 Å². The summed E-state index contributed by atoms with van der Waals surface area (Å²) in [6.07, 6.45) is 0.774. The second-order valence-electron chi connectivity index (χ2n) is 3.55. The van der Waals surface area contributed by atoms with E-state index in [-0.39, 0.29) is 18.2 Å². The number of aliphatic carboxylic acids is 1. The molecular formula is C9H15N3O3. The lowest BCUT2D eigenvalue weighted by Crippen LogP contribution is -2.45. The fourth-order valence-corrected chi connectivity index (χ4v) is 1.35. The maximum absolute atomic E-state index is 10.7. The summed E-state index contributed by atoms with van der Waals surface area (Å²) in [5, 5.41) is 14.0. The van der Waals surface area contributed by atoms with Crippen molar-refractivity contribution in [1.82, 2.24) is 10.6 Å².